The van der Waals surface area contributed by atoms with Crippen molar-refractivity contribution in [1.29, 1.82) is 0 Å². The highest BCUT2D eigenvalue weighted by atomic mass is 16.5. The Kier molecular flexibility index (Phi) is 2.29. The first-order valence-corrected chi connectivity index (χ1v) is 3.74. The first kappa shape index (κ1) is 7.56. The number of rotatable bonds is 1. The Morgan fingerprint density at radius 3 is 2.80 bits per heavy atom. The second kappa shape index (κ2) is 3.03. The molecule has 0 aromatic rings. The fourth-order valence-electron chi connectivity index (χ4n) is 1.48. The van der Waals surface area contributed by atoms with E-state index in [0.29, 0.717) is 12.0 Å². The van der Waals surface area contributed by atoms with Crippen LogP contribution in [0.1, 0.15) is 20.3 Å². The second-order valence-electron chi connectivity index (χ2n) is 2.90. The molecule has 2 heteroatoms. The first-order valence-electron chi connectivity index (χ1n) is 3.74. The van der Waals surface area contributed by atoms with E-state index in [1.54, 1.807) is 0 Å². The average molecular weight is 139 g/mol. The molecule has 1 fully saturated rings. The van der Waals surface area contributed by atoms with Crippen LogP contribution in [-0.4, -0.2) is 18.8 Å². The van der Waals surface area contributed by atoms with Crippen molar-refractivity contribution in [3.8, 4) is 0 Å². The maximum absolute atomic E-state index is 6.83. The monoisotopic (exact) mass is 139 g/mol. The van der Waals surface area contributed by atoms with Crippen LogP contribution < -0.4 is 0 Å². The molecule has 1 heterocycles. The summed E-state index contributed by atoms with van der Waals surface area (Å²) >= 11 is 0. The summed E-state index contributed by atoms with van der Waals surface area (Å²) in [5.74, 6) is 0.470. The summed E-state index contributed by atoms with van der Waals surface area (Å²) in [6.45, 7) is 11.7. The van der Waals surface area contributed by atoms with Gasteiger partial charge in [0.25, 0.3) is 0 Å². The normalized spacial score (nSPS) is 35.3. The SMILES string of the molecule is [C-]#[N+]C(C)C1CCOC1C. The highest BCUT2D eigenvalue weighted by molar-refractivity contribution is 4.87. The number of hydrogen-bond donors (Lipinski definition) is 0. The van der Waals surface area contributed by atoms with Crippen LogP contribution in [0.15, 0.2) is 0 Å². The van der Waals surface area contributed by atoms with Gasteiger partial charge in [-0.3, -0.25) is 0 Å². The van der Waals surface area contributed by atoms with Gasteiger partial charge in [-0.15, -0.1) is 0 Å². The molecule has 3 unspecified atom stereocenters. The molecule has 1 aliphatic heterocycles. The molecular formula is C8H13NO. The van der Waals surface area contributed by atoms with Gasteiger partial charge in [0.2, 0.25) is 6.04 Å². The van der Waals surface area contributed by atoms with Gasteiger partial charge in [-0.25, -0.2) is 6.57 Å². The average Bonchev–Trinajstić information content (AvgIpc) is 2.34. The van der Waals surface area contributed by atoms with E-state index in [0.717, 1.165) is 13.0 Å². The molecule has 0 N–H and O–H groups in total. The number of nitrogens with zero attached hydrogens (tertiary/aromatic N) is 1. The summed E-state index contributed by atoms with van der Waals surface area (Å²) in [5, 5.41) is 0. The van der Waals surface area contributed by atoms with Crippen molar-refractivity contribution < 1.29 is 4.74 Å². The topological polar surface area (TPSA) is 13.6 Å². The lowest BCUT2D eigenvalue weighted by Crippen LogP contribution is -2.20. The Morgan fingerprint density at radius 2 is 2.40 bits per heavy atom. The predicted molar refractivity (Wildman–Crippen MR) is 39.6 cm³/mol. The summed E-state index contributed by atoms with van der Waals surface area (Å²) < 4.78 is 5.35. The Bertz CT molecular complexity index is 150. The molecule has 0 saturated carbocycles. The molecule has 0 aliphatic carbocycles. The van der Waals surface area contributed by atoms with Gasteiger partial charge in [0, 0.05) is 13.5 Å². The van der Waals surface area contributed by atoms with E-state index in [2.05, 4.69) is 11.8 Å². The third kappa shape index (κ3) is 1.30. The van der Waals surface area contributed by atoms with Gasteiger partial charge < -0.3 is 9.58 Å². The molecule has 0 aromatic carbocycles. The van der Waals surface area contributed by atoms with Crippen molar-refractivity contribution in [2.24, 2.45) is 5.92 Å². The predicted octanol–water partition coefficient (Wildman–Crippen LogP) is 1.72. The second-order valence-corrected chi connectivity index (χ2v) is 2.90. The van der Waals surface area contributed by atoms with Crippen LogP contribution in [0.2, 0.25) is 0 Å². The Hall–Kier alpha value is -0.550. The lowest BCUT2D eigenvalue weighted by molar-refractivity contribution is 0.104. The Balaban J connectivity index is 2.48. The molecule has 1 rings (SSSR count). The molecule has 10 heavy (non-hydrogen) atoms. The van der Waals surface area contributed by atoms with Gasteiger partial charge >= 0.3 is 0 Å². The Labute approximate surface area is 62.0 Å². The molecule has 1 aliphatic rings. The van der Waals surface area contributed by atoms with E-state index in [-0.39, 0.29) is 6.04 Å². The van der Waals surface area contributed by atoms with E-state index >= 15 is 0 Å². The van der Waals surface area contributed by atoms with Gasteiger partial charge in [0.05, 0.1) is 12.0 Å². The third-order valence-electron chi connectivity index (χ3n) is 2.26. The molecule has 2 nitrogen and oxygen atoms in total. The van der Waals surface area contributed by atoms with Crippen molar-refractivity contribution in [3.05, 3.63) is 11.4 Å². The van der Waals surface area contributed by atoms with Gasteiger partial charge in [-0.05, 0) is 13.3 Å². The van der Waals surface area contributed by atoms with Crippen LogP contribution in [-0.2, 0) is 4.74 Å². The standard InChI is InChI=1S/C8H13NO/c1-6(9-3)8-4-5-10-7(8)2/h6-8H,4-5H2,1-2H3. The first-order chi connectivity index (χ1) is 4.75. The molecule has 56 valence electrons. The van der Waals surface area contributed by atoms with Crippen LogP contribution >= 0.6 is 0 Å². The van der Waals surface area contributed by atoms with E-state index in [1.165, 1.54) is 0 Å². The third-order valence-corrected chi connectivity index (χ3v) is 2.26. The minimum Gasteiger partial charge on any atom is -0.378 e. The molecule has 0 spiro atoms. The van der Waals surface area contributed by atoms with E-state index in [9.17, 15) is 0 Å². The van der Waals surface area contributed by atoms with Gasteiger partial charge in [0.15, 0.2) is 0 Å². The molecule has 0 aromatic heterocycles. The van der Waals surface area contributed by atoms with Crippen molar-refractivity contribution in [3.63, 3.8) is 0 Å². The fourth-order valence-corrected chi connectivity index (χ4v) is 1.48. The fraction of sp³-hybridized carbons (Fsp3) is 0.875. The van der Waals surface area contributed by atoms with E-state index < -0.39 is 0 Å². The minimum absolute atomic E-state index is 0.137. The van der Waals surface area contributed by atoms with Crippen molar-refractivity contribution in [2.75, 3.05) is 6.61 Å². The lowest BCUT2D eigenvalue weighted by Gasteiger charge is -2.11. The Morgan fingerprint density at radius 1 is 1.70 bits per heavy atom. The quantitative estimate of drug-likeness (QED) is 0.504. The maximum Gasteiger partial charge on any atom is 0.226 e. The van der Waals surface area contributed by atoms with Crippen molar-refractivity contribution in [2.45, 2.75) is 32.4 Å². The maximum atomic E-state index is 6.83. The lowest BCUT2D eigenvalue weighted by atomic mass is 9.96. The van der Waals surface area contributed by atoms with E-state index in [1.807, 2.05) is 6.92 Å². The van der Waals surface area contributed by atoms with Crippen LogP contribution in [0.4, 0.5) is 0 Å². The molecule has 0 radical (unpaired) electrons. The summed E-state index contributed by atoms with van der Waals surface area (Å²) in [7, 11) is 0. The number of hydrogen-bond acceptors (Lipinski definition) is 1. The van der Waals surface area contributed by atoms with Crippen LogP contribution in [0.25, 0.3) is 4.85 Å². The highest BCUT2D eigenvalue weighted by Crippen LogP contribution is 2.25. The summed E-state index contributed by atoms with van der Waals surface area (Å²) in [6.07, 6.45) is 1.36. The zero-order valence-corrected chi connectivity index (χ0v) is 6.50. The largest absolute Gasteiger partial charge is 0.378 e. The van der Waals surface area contributed by atoms with Crippen molar-refractivity contribution in [1.82, 2.24) is 0 Å². The molecule has 0 amide bonds. The van der Waals surface area contributed by atoms with Gasteiger partial charge in [-0.2, -0.15) is 0 Å². The molecule has 1 saturated heterocycles. The smallest absolute Gasteiger partial charge is 0.226 e. The van der Waals surface area contributed by atoms with Gasteiger partial charge in [0.1, 0.15) is 0 Å². The summed E-state index contributed by atoms with van der Waals surface area (Å²) in [4.78, 5) is 3.49. The van der Waals surface area contributed by atoms with Crippen LogP contribution in [0, 0.1) is 12.5 Å². The molecular weight excluding hydrogens is 126 g/mol. The molecule has 0 bridgehead atoms. The summed E-state index contributed by atoms with van der Waals surface area (Å²) in [5.41, 5.74) is 0. The molecule has 3 atom stereocenters. The minimum atomic E-state index is 0.137. The summed E-state index contributed by atoms with van der Waals surface area (Å²) in [6, 6.07) is 0.137. The van der Waals surface area contributed by atoms with Crippen LogP contribution in [0.3, 0.4) is 0 Å². The van der Waals surface area contributed by atoms with Crippen LogP contribution in [0.5, 0.6) is 0 Å². The highest BCUT2D eigenvalue weighted by Gasteiger charge is 2.32. The zero-order chi connectivity index (χ0) is 7.56. The number of ether oxygens (including phenoxy) is 1. The zero-order valence-electron chi connectivity index (χ0n) is 6.50. The van der Waals surface area contributed by atoms with Gasteiger partial charge in [-0.1, -0.05) is 0 Å². The van der Waals surface area contributed by atoms with E-state index in [4.69, 9.17) is 11.3 Å². The van der Waals surface area contributed by atoms with Crippen molar-refractivity contribution >= 4 is 0 Å².